The Morgan fingerprint density at radius 3 is 2.83 bits per heavy atom. The number of hydrogen-bond donors (Lipinski definition) is 1. The summed E-state index contributed by atoms with van der Waals surface area (Å²) in [5, 5.41) is 4.34. The van der Waals surface area contributed by atoms with E-state index in [1.807, 2.05) is 31.2 Å². The van der Waals surface area contributed by atoms with Crippen LogP contribution < -0.4 is 14.8 Å². The second kappa shape index (κ2) is 8.24. The molecule has 1 N–H and O–H groups in total. The first kappa shape index (κ1) is 19.3. The Hall–Kier alpha value is -2.64. The van der Waals surface area contributed by atoms with Crippen LogP contribution in [-0.4, -0.2) is 42.2 Å². The lowest BCUT2D eigenvalue weighted by Crippen LogP contribution is -2.41. The summed E-state index contributed by atoms with van der Waals surface area (Å²) in [6, 6.07) is 14.1. The van der Waals surface area contributed by atoms with E-state index in [-0.39, 0.29) is 18.7 Å². The van der Waals surface area contributed by atoms with Crippen LogP contribution in [0.4, 0.5) is 0 Å². The number of carbonyl (C=O) groups excluding carboxylic acids is 1. The average molecular weight is 424 g/mol. The van der Waals surface area contributed by atoms with Crippen LogP contribution in [-0.2, 0) is 4.79 Å². The van der Waals surface area contributed by atoms with Crippen molar-refractivity contribution in [1.82, 2.24) is 15.2 Å². The van der Waals surface area contributed by atoms with Crippen molar-refractivity contribution in [1.29, 1.82) is 0 Å². The summed E-state index contributed by atoms with van der Waals surface area (Å²) in [5.41, 5.74) is 2.11. The number of likely N-dealkylation sites (tertiary alicyclic amines) is 1. The van der Waals surface area contributed by atoms with Crippen molar-refractivity contribution < 1.29 is 14.3 Å². The summed E-state index contributed by atoms with van der Waals surface area (Å²) in [4.78, 5) is 19.6. The van der Waals surface area contributed by atoms with Crippen molar-refractivity contribution >= 4 is 27.5 Å². The zero-order valence-electron chi connectivity index (χ0n) is 17.0. The maximum absolute atomic E-state index is 12.6. The van der Waals surface area contributed by atoms with E-state index in [2.05, 4.69) is 28.4 Å². The molecule has 0 radical (unpaired) electrons. The molecular weight excluding hydrogens is 398 g/mol. The van der Waals surface area contributed by atoms with Gasteiger partial charge in [-0.2, -0.15) is 0 Å². The maximum Gasteiger partial charge on any atom is 0.234 e. The molecule has 1 aromatic heterocycles. The van der Waals surface area contributed by atoms with E-state index in [0.29, 0.717) is 12.5 Å². The van der Waals surface area contributed by atoms with Gasteiger partial charge in [0.25, 0.3) is 0 Å². The number of carbonyl (C=O) groups is 1. The Kier molecular flexibility index (Phi) is 5.31. The summed E-state index contributed by atoms with van der Waals surface area (Å²) in [6.07, 6.45) is 2.09. The zero-order valence-corrected chi connectivity index (χ0v) is 17.8. The number of para-hydroxylation sites is 1. The number of aromatic nitrogens is 1. The van der Waals surface area contributed by atoms with Crippen molar-refractivity contribution in [3.8, 4) is 11.5 Å². The fraction of sp³-hybridized carbons (Fsp3) is 0.391. The molecule has 0 saturated carbocycles. The van der Waals surface area contributed by atoms with Gasteiger partial charge in [0.2, 0.25) is 12.7 Å². The number of piperidine rings is 1. The number of thiazole rings is 1. The monoisotopic (exact) mass is 423 g/mol. The second-order valence-electron chi connectivity index (χ2n) is 7.97. The van der Waals surface area contributed by atoms with Crippen LogP contribution >= 0.6 is 11.3 Å². The predicted molar refractivity (Wildman–Crippen MR) is 117 cm³/mol. The molecule has 156 valence electrons. The molecule has 1 amide bonds. The standard InChI is InChI=1S/C23H25N3O3S/c1-15(17-6-7-19-20(12-17)29-14-28-19)24-22(27)13-26-10-8-16(9-11-26)23-25-18-4-2-3-5-21(18)30-23/h2-7,12,15-16H,8-11,13-14H2,1H3,(H,24,27)/t15-/m0/s1. The third kappa shape index (κ3) is 4.00. The van der Waals surface area contributed by atoms with Gasteiger partial charge in [0.15, 0.2) is 11.5 Å². The van der Waals surface area contributed by atoms with Crippen LogP contribution in [0.1, 0.15) is 42.3 Å². The molecule has 0 unspecified atom stereocenters. The van der Waals surface area contributed by atoms with Gasteiger partial charge < -0.3 is 14.8 Å². The molecule has 1 saturated heterocycles. The number of nitrogens with zero attached hydrogens (tertiary/aromatic N) is 2. The first-order valence-electron chi connectivity index (χ1n) is 10.4. The number of hydrogen-bond acceptors (Lipinski definition) is 6. The molecule has 1 fully saturated rings. The van der Waals surface area contributed by atoms with Gasteiger partial charge in [0.05, 0.1) is 27.8 Å². The van der Waals surface area contributed by atoms with Crippen LogP contribution in [0, 0.1) is 0 Å². The molecule has 0 spiro atoms. The van der Waals surface area contributed by atoms with Crippen molar-refractivity contribution in [2.75, 3.05) is 26.4 Å². The third-order valence-corrected chi connectivity index (χ3v) is 7.09. The largest absolute Gasteiger partial charge is 0.454 e. The topological polar surface area (TPSA) is 63.7 Å². The van der Waals surface area contributed by atoms with E-state index in [9.17, 15) is 4.79 Å². The molecule has 2 aliphatic rings. The Labute approximate surface area is 179 Å². The lowest BCUT2D eigenvalue weighted by molar-refractivity contribution is -0.123. The van der Waals surface area contributed by atoms with Crippen molar-refractivity contribution in [3.63, 3.8) is 0 Å². The van der Waals surface area contributed by atoms with Gasteiger partial charge in [-0.1, -0.05) is 18.2 Å². The van der Waals surface area contributed by atoms with E-state index in [4.69, 9.17) is 14.5 Å². The number of rotatable bonds is 5. The van der Waals surface area contributed by atoms with Crippen LogP contribution in [0.3, 0.4) is 0 Å². The fourth-order valence-corrected chi connectivity index (χ4v) is 5.30. The summed E-state index contributed by atoms with van der Waals surface area (Å²) in [6.45, 7) is 4.53. The highest BCUT2D eigenvalue weighted by Gasteiger charge is 2.25. The van der Waals surface area contributed by atoms with Crippen molar-refractivity contribution in [2.24, 2.45) is 0 Å². The fourth-order valence-electron chi connectivity index (χ4n) is 4.16. The Balaban J connectivity index is 1.13. The summed E-state index contributed by atoms with van der Waals surface area (Å²) in [7, 11) is 0. The highest BCUT2D eigenvalue weighted by molar-refractivity contribution is 7.18. The predicted octanol–water partition coefficient (Wildman–Crippen LogP) is 4.08. The SMILES string of the molecule is C[C@H](NC(=O)CN1CCC(c2nc3ccccc3s2)CC1)c1ccc2c(c1)OCO2. The Morgan fingerprint density at radius 1 is 1.20 bits per heavy atom. The van der Waals surface area contributed by atoms with E-state index in [1.165, 1.54) is 9.71 Å². The highest BCUT2D eigenvalue weighted by atomic mass is 32.1. The van der Waals surface area contributed by atoms with Crippen LogP contribution in [0.15, 0.2) is 42.5 Å². The first-order valence-corrected chi connectivity index (χ1v) is 11.2. The molecule has 1 atom stereocenters. The molecular formula is C23H25N3O3S. The number of nitrogens with one attached hydrogen (secondary N) is 1. The normalized spacial score (nSPS) is 17.9. The number of fused-ring (bicyclic) bond motifs is 2. The summed E-state index contributed by atoms with van der Waals surface area (Å²) >= 11 is 1.81. The number of ether oxygens (including phenoxy) is 2. The minimum atomic E-state index is -0.0766. The molecule has 0 aliphatic carbocycles. The molecule has 7 heteroatoms. The number of amides is 1. The Morgan fingerprint density at radius 2 is 2.00 bits per heavy atom. The molecule has 0 bridgehead atoms. The van der Waals surface area contributed by atoms with Gasteiger partial charge in [0.1, 0.15) is 0 Å². The molecule has 5 rings (SSSR count). The van der Waals surface area contributed by atoms with E-state index in [0.717, 1.165) is 48.5 Å². The second-order valence-corrected chi connectivity index (χ2v) is 9.03. The van der Waals surface area contributed by atoms with Gasteiger partial charge in [0, 0.05) is 5.92 Å². The molecule has 6 nitrogen and oxygen atoms in total. The lowest BCUT2D eigenvalue weighted by atomic mass is 9.97. The van der Waals surface area contributed by atoms with Gasteiger partial charge in [-0.25, -0.2) is 4.98 Å². The smallest absolute Gasteiger partial charge is 0.234 e. The first-order chi connectivity index (χ1) is 14.7. The Bertz CT molecular complexity index is 1030. The molecule has 3 aromatic rings. The van der Waals surface area contributed by atoms with Gasteiger partial charge >= 0.3 is 0 Å². The van der Waals surface area contributed by atoms with Gasteiger partial charge in [-0.3, -0.25) is 9.69 Å². The molecule has 3 heterocycles. The van der Waals surface area contributed by atoms with Crippen LogP contribution in [0.25, 0.3) is 10.2 Å². The molecule has 2 aliphatic heterocycles. The average Bonchev–Trinajstić information content (AvgIpc) is 3.40. The summed E-state index contributed by atoms with van der Waals surface area (Å²) < 4.78 is 12.0. The minimum Gasteiger partial charge on any atom is -0.454 e. The molecule has 2 aromatic carbocycles. The third-order valence-electron chi connectivity index (χ3n) is 5.89. The lowest BCUT2D eigenvalue weighted by Gasteiger charge is -2.30. The van der Waals surface area contributed by atoms with E-state index < -0.39 is 0 Å². The van der Waals surface area contributed by atoms with E-state index >= 15 is 0 Å². The van der Waals surface area contributed by atoms with Gasteiger partial charge in [-0.15, -0.1) is 11.3 Å². The number of benzene rings is 2. The zero-order chi connectivity index (χ0) is 20.5. The minimum absolute atomic E-state index is 0.0543. The van der Waals surface area contributed by atoms with Gasteiger partial charge in [-0.05, 0) is 62.7 Å². The van der Waals surface area contributed by atoms with Crippen LogP contribution in [0.2, 0.25) is 0 Å². The van der Waals surface area contributed by atoms with Crippen molar-refractivity contribution in [2.45, 2.75) is 31.7 Å². The van der Waals surface area contributed by atoms with Crippen LogP contribution in [0.5, 0.6) is 11.5 Å². The van der Waals surface area contributed by atoms with E-state index in [1.54, 1.807) is 11.3 Å². The quantitative estimate of drug-likeness (QED) is 0.670. The highest BCUT2D eigenvalue weighted by Crippen LogP contribution is 2.35. The van der Waals surface area contributed by atoms with Crippen molar-refractivity contribution in [3.05, 3.63) is 53.0 Å². The molecule has 30 heavy (non-hydrogen) atoms. The summed E-state index contributed by atoms with van der Waals surface area (Å²) in [5.74, 6) is 2.05. The maximum atomic E-state index is 12.6.